The first-order valence-corrected chi connectivity index (χ1v) is 8.92. The van der Waals surface area contributed by atoms with E-state index in [0.717, 1.165) is 6.07 Å². The number of carbonyl (C=O) groups excluding carboxylic acids is 2. The van der Waals surface area contributed by atoms with Crippen LogP contribution >= 0.6 is 0 Å². The summed E-state index contributed by atoms with van der Waals surface area (Å²) in [5.41, 5.74) is 0.0292. The van der Waals surface area contributed by atoms with Crippen molar-refractivity contribution in [3.05, 3.63) is 69.3 Å². The highest BCUT2D eigenvalue weighted by molar-refractivity contribution is 5.98. The van der Waals surface area contributed by atoms with Crippen LogP contribution in [0.25, 0.3) is 6.08 Å². The topological polar surface area (TPSA) is 129 Å². The number of non-ortho nitro benzene ring substituents is 1. The van der Waals surface area contributed by atoms with E-state index < -0.39 is 16.9 Å². The summed E-state index contributed by atoms with van der Waals surface area (Å²) < 4.78 is 15.6. The monoisotopic (exact) mass is 410 g/mol. The summed E-state index contributed by atoms with van der Waals surface area (Å²) in [5, 5.41) is 20.0. The zero-order valence-corrected chi connectivity index (χ0v) is 16.3. The summed E-state index contributed by atoms with van der Waals surface area (Å²) in [4.78, 5) is 34.4. The Morgan fingerprint density at radius 3 is 2.53 bits per heavy atom. The van der Waals surface area contributed by atoms with Gasteiger partial charge >= 0.3 is 11.9 Å². The third kappa shape index (κ3) is 5.65. The minimum atomic E-state index is -0.799. The molecule has 0 aliphatic heterocycles. The fraction of sp³-hybridized carbons (Fsp3) is 0.190. The number of carbonyl (C=O) groups is 2. The van der Waals surface area contributed by atoms with Crippen molar-refractivity contribution in [2.75, 3.05) is 13.2 Å². The summed E-state index contributed by atoms with van der Waals surface area (Å²) in [7, 11) is 0. The van der Waals surface area contributed by atoms with Crippen molar-refractivity contribution in [3.63, 3.8) is 0 Å². The molecule has 0 fully saturated rings. The van der Waals surface area contributed by atoms with E-state index in [1.807, 2.05) is 0 Å². The number of nitriles is 1. The van der Waals surface area contributed by atoms with Crippen molar-refractivity contribution in [3.8, 4) is 17.6 Å². The standard InChI is InChI=1S/C21H18N2O7/c1-3-28-19-11-14(10-16(13-22)20(24)29-4-2)8-9-18(19)30-21(25)15-6-5-7-17(12-15)23(26)27/h5-12H,3-4H2,1-2H3/b16-10+. The van der Waals surface area contributed by atoms with Gasteiger partial charge in [0.1, 0.15) is 11.6 Å². The number of hydrogen-bond acceptors (Lipinski definition) is 8. The Bertz CT molecular complexity index is 1040. The lowest BCUT2D eigenvalue weighted by Crippen LogP contribution is -2.10. The highest BCUT2D eigenvalue weighted by Crippen LogP contribution is 2.30. The Morgan fingerprint density at radius 1 is 1.13 bits per heavy atom. The van der Waals surface area contributed by atoms with Crippen LogP contribution in [-0.4, -0.2) is 30.1 Å². The molecule has 0 saturated carbocycles. The number of hydrogen-bond donors (Lipinski definition) is 0. The predicted octanol–water partition coefficient (Wildman–Crippen LogP) is 3.68. The minimum absolute atomic E-state index is 0.00435. The van der Waals surface area contributed by atoms with Crippen LogP contribution in [-0.2, 0) is 9.53 Å². The molecule has 0 unspecified atom stereocenters. The SMILES string of the molecule is CCOC(=O)/C(C#N)=C/c1ccc(OC(=O)c2cccc([N+](=O)[O-])c2)c(OCC)c1. The Morgan fingerprint density at radius 2 is 1.90 bits per heavy atom. The summed E-state index contributed by atoms with van der Waals surface area (Å²) >= 11 is 0. The summed E-state index contributed by atoms with van der Waals surface area (Å²) in [6, 6.07) is 11.4. The van der Waals surface area contributed by atoms with Gasteiger partial charge in [0.05, 0.1) is 23.7 Å². The number of esters is 2. The fourth-order valence-electron chi connectivity index (χ4n) is 2.38. The van der Waals surface area contributed by atoms with Gasteiger partial charge < -0.3 is 14.2 Å². The molecule has 0 N–H and O–H groups in total. The van der Waals surface area contributed by atoms with Gasteiger partial charge in [0.2, 0.25) is 0 Å². The van der Waals surface area contributed by atoms with Crippen molar-refractivity contribution in [2.45, 2.75) is 13.8 Å². The molecule has 0 radical (unpaired) electrons. The summed E-state index contributed by atoms with van der Waals surface area (Å²) in [6.45, 7) is 3.75. The molecular weight excluding hydrogens is 392 g/mol. The van der Waals surface area contributed by atoms with Crippen molar-refractivity contribution in [1.29, 1.82) is 5.26 Å². The van der Waals surface area contributed by atoms with Crippen LogP contribution in [0.2, 0.25) is 0 Å². The Balaban J connectivity index is 2.32. The third-order valence-corrected chi connectivity index (χ3v) is 3.69. The molecule has 9 nitrogen and oxygen atoms in total. The normalized spacial score (nSPS) is 10.6. The van der Waals surface area contributed by atoms with Gasteiger partial charge in [0, 0.05) is 12.1 Å². The maximum absolute atomic E-state index is 12.4. The molecule has 0 atom stereocenters. The van der Waals surface area contributed by atoms with Crippen molar-refractivity contribution in [2.24, 2.45) is 0 Å². The van der Waals surface area contributed by atoms with Gasteiger partial charge in [-0.05, 0) is 43.7 Å². The lowest BCUT2D eigenvalue weighted by Gasteiger charge is -2.11. The van der Waals surface area contributed by atoms with E-state index >= 15 is 0 Å². The largest absolute Gasteiger partial charge is 0.490 e. The lowest BCUT2D eigenvalue weighted by atomic mass is 10.1. The second kappa shape index (κ2) is 10.4. The van der Waals surface area contributed by atoms with Crippen LogP contribution in [0.3, 0.4) is 0 Å². The van der Waals surface area contributed by atoms with Gasteiger partial charge in [-0.2, -0.15) is 5.26 Å². The van der Waals surface area contributed by atoms with E-state index in [2.05, 4.69) is 0 Å². The average molecular weight is 410 g/mol. The first-order chi connectivity index (χ1) is 14.4. The zero-order valence-electron chi connectivity index (χ0n) is 16.3. The average Bonchev–Trinajstić information content (AvgIpc) is 2.74. The smallest absolute Gasteiger partial charge is 0.348 e. The molecule has 0 bridgehead atoms. The van der Waals surface area contributed by atoms with E-state index in [-0.39, 0.29) is 41.5 Å². The molecule has 0 amide bonds. The molecule has 0 saturated heterocycles. The quantitative estimate of drug-likeness (QED) is 0.161. The van der Waals surface area contributed by atoms with Crippen LogP contribution in [0.4, 0.5) is 5.69 Å². The number of nitro groups is 1. The Labute approximate surface area is 172 Å². The number of rotatable bonds is 8. The Hall–Kier alpha value is -4.19. The molecule has 9 heteroatoms. The number of ether oxygens (including phenoxy) is 3. The van der Waals surface area contributed by atoms with E-state index in [1.165, 1.54) is 42.5 Å². The van der Waals surface area contributed by atoms with Crippen LogP contribution in [0.15, 0.2) is 48.0 Å². The number of nitrogens with zero attached hydrogens (tertiary/aromatic N) is 2. The molecule has 2 aromatic rings. The lowest BCUT2D eigenvalue weighted by molar-refractivity contribution is -0.384. The first kappa shape index (κ1) is 22.1. The first-order valence-electron chi connectivity index (χ1n) is 8.92. The van der Waals surface area contributed by atoms with E-state index in [1.54, 1.807) is 19.9 Å². The van der Waals surface area contributed by atoms with Gasteiger partial charge in [-0.15, -0.1) is 0 Å². The maximum Gasteiger partial charge on any atom is 0.348 e. The molecular formula is C21H18N2O7. The van der Waals surface area contributed by atoms with Gasteiger partial charge in [0.15, 0.2) is 11.5 Å². The minimum Gasteiger partial charge on any atom is -0.490 e. The second-order valence-corrected chi connectivity index (χ2v) is 5.73. The fourth-order valence-corrected chi connectivity index (χ4v) is 2.38. The molecule has 30 heavy (non-hydrogen) atoms. The van der Waals surface area contributed by atoms with Crippen LogP contribution < -0.4 is 9.47 Å². The van der Waals surface area contributed by atoms with E-state index in [9.17, 15) is 19.7 Å². The molecule has 0 aromatic heterocycles. The van der Waals surface area contributed by atoms with E-state index in [0.29, 0.717) is 5.56 Å². The highest BCUT2D eigenvalue weighted by Gasteiger charge is 2.17. The third-order valence-electron chi connectivity index (χ3n) is 3.69. The molecule has 0 aliphatic rings. The number of nitro benzene ring substituents is 1. The van der Waals surface area contributed by atoms with Crippen LogP contribution in [0.1, 0.15) is 29.8 Å². The van der Waals surface area contributed by atoms with Crippen molar-refractivity contribution < 1.29 is 28.7 Å². The number of benzene rings is 2. The van der Waals surface area contributed by atoms with Crippen LogP contribution in [0.5, 0.6) is 11.5 Å². The van der Waals surface area contributed by atoms with Gasteiger partial charge in [-0.25, -0.2) is 9.59 Å². The molecule has 154 valence electrons. The zero-order chi connectivity index (χ0) is 22.1. The molecule has 0 spiro atoms. The van der Waals surface area contributed by atoms with Gasteiger partial charge in [0.25, 0.3) is 5.69 Å². The molecule has 0 heterocycles. The molecule has 2 aromatic carbocycles. The maximum atomic E-state index is 12.4. The van der Waals surface area contributed by atoms with Crippen LogP contribution in [0, 0.1) is 21.4 Å². The van der Waals surface area contributed by atoms with Crippen molar-refractivity contribution >= 4 is 23.7 Å². The van der Waals surface area contributed by atoms with E-state index in [4.69, 9.17) is 19.5 Å². The Kier molecular flexibility index (Phi) is 7.65. The predicted molar refractivity (Wildman–Crippen MR) is 106 cm³/mol. The highest BCUT2D eigenvalue weighted by atomic mass is 16.6. The second-order valence-electron chi connectivity index (χ2n) is 5.73. The van der Waals surface area contributed by atoms with Gasteiger partial charge in [-0.1, -0.05) is 12.1 Å². The summed E-state index contributed by atoms with van der Waals surface area (Å²) in [6.07, 6.45) is 1.33. The molecule has 2 rings (SSSR count). The van der Waals surface area contributed by atoms with Gasteiger partial charge in [-0.3, -0.25) is 10.1 Å². The summed E-state index contributed by atoms with van der Waals surface area (Å²) in [5.74, 6) is -1.27. The molecule has 0 aliphatic carbocycles. The van der Waals surface area contributed by atoms with Crippen molar-refractivity contribution in [1.82, 2.24) is 0 Å².